The Kier molecular flexibility index (Phi) is 2.60. The van der Waals surface area contributed by atoms with Crippen molar-refractivity contribution in [2.45, 2.75) is 6.92 Å². The van der Waals surface area contributed by atoms with Crippen LogP contribution in [0.5, 0.6) is 0 Å². The lowest BCUT2D eigenvalue weighted by molar-refractivity contribution is -0.388. The topological polar surface area (TPSA) is 59.3 Å². The molecule has 0 spiro atoms. The van der Waals surface area contributed by atoms with Crippen LogP contribution in [0.25, 0.3) is 0 Å². The van der Waals surface area contributed by atoms with Crippen LogP contribution < -0.4 is 4.90 Å². The highest BCUT2D eigenvalue weighted by Crippen LogP contribution is 2.33. The molecule has 0 radical (unpaired) electrons. The van der Waals surface area contributed by atoms with Crippen molar-refractivity contribution in [3.8, 4) is 0 Å². The van der Waals surface area contributed by atoms with Gasteiger partial charge in [0.25, 0.3) is 0 Å². The van der Waals surface area contributed by atoms with E-state index in [0.29, 0.717) is 11.6 Å². The molecule has 6 heteroatoms. The Hall–Kier alpha value is -1.17. The van der Waals surface area contributed by atoms with E-state index in [4.69, 9.17) is 0 Å². The summed E-state index contributed by atoms with van der Waals surface area (Å²) >= 11 is 3.27. The molecule has 1 aliphatic rings. The van der Waals surface area contributed by atoms with E-state index in [1.54, 1.807) is 6.07 Å². The average molecular weight is 272 g/mol. The number of hydrogen-bond acceptors (Lipinski definition) is 4. The van der Waals surface area contributed by atoms with E-state index in [-0.39, 0.29) is 5.82 Å². The second-order valence-electron chi connectivity index (χ2n) is 3.76. The number of anilines is 1. The maximum absolute atomic E-state index is 10.8. The smallest absolute Gasteiger partial charge is 0.364 e. The Morgan fingerprint density at radius 1 is 1.67 bits per heavy atom. The summed E-state index contributed by atoms with van der Waals surface area (Å²) in [6.07, 6.45) is 1.45. The molecule has 2 rings (SSSR count). The number of rotatable bonds is 2. The Morgan fingerprint density at radius 2 is 2.33 bits per heavy atom. The van der Waals surface area contributed by atoms with Crippen molar-refractivity contribution < 1.29 is 4.92 Å². The molecule has 1 fully saturated rings. The first-order chi connectivity index (χ1) is 7.08. The molecule has 0 amide bonds. The number of pyridine rings is 1. The van der Waals surface area contributed by atoms with Gasteiger partial charge in [0, 0.05) is 13.1 Å². The molecule has 1 aliphatic heterocycles. The summed E-state index contributed by atoms with van der Waals surface area (Å²) in [4.78, 5) is 16.1. The normalized spacial score (nSPS) is 16.3. The van der Waals surface area contributed by atoms with E-state index in [9.17, 15) is 10.1 Å². The third kappa shape index (κ3) is 1.94. The minimum Gasteiger partial charge on any atom is -0.364 e. The SMILES string of the molecule is CC1CN(c2cc(Br)cnc2[N+](=O)[O-])C1. The summed E-state index contributed by atoms with van der Waals surface area (Å²) in [5, 5.41) is 10.8. The molecular formula is C9H10BrN3O2. The van der Waals surface area contributed by atoms with E-state index in [0.717, 1.165) is 17.6 Å². The van der Waals surface area contributed by atoms with Gasteiger partial charge in [-0.2, -0.15) is 0 Å². The molecule has 0 bridgehead atoms. The van der Waals surface area contributed by atoms with Crippen LogP contribution in [0.2, 0.25) is 0 Å². The molecule has 2 heterocycles. The zero-order chi connectivity index (χ0) is 11.0. The third-order valence-electron chi connectivity index (χ3n) is 2.39. The van der Waals surface area contributed by atoms with Gasteiger partial charge in [-0.1, -0.05) is 6.92 Å². The highest BCUT2D eigenvalue weighted by atomic mass is 79.9. The Morgan fingerprint density at radius 3 is 2.87 bits per heavy atom. The second-order valence-corrected chi connectivity index (χ2v) is 4.68. The van der Waals surface area contributed by atoms with Gasteiger partial charge in [0.05, 0.1) is 4.47 Å². The van der Waals surface area contributed by atoms with Crippen LogP contribution >= 0.6 is 15.9 Å². The van der Waals surface area contributed by atoms with Crippen LogP contribution in [0, 0.1) is 16.0 Å². The van der Waals surface area contributed by atoms with Gasteiger partial charge in [0.2, 0.25) is 0 Å². The monoisotopic (exact) mass is 271 g/mol. The molecule has 1 aromatic heterocycles. The van der Waals surface area contributed by atoms with E-state index >= 15 is 0 Å². The van der Waals surface area contributed by atoms with E-state index in [2.05, 4.69) is 27.8 Å². The predicted molar refractivity (Wildman–Crippen MR) is 60.0 cm³/mol. The van der Waals surface area contributed by atoms with Crippen molar-refractivity contribution in [2.75, 3.05) is 18.0 Å². The molecule has 0 atom stereocenters. The van der Waals surface area contributed by atoms with E-state index in [1.165, 1.54) is 6.20 Å². The van der Waals surface area contributed by atoms with Gasteiger partial charge in [-0.05, 0) is 37.8 Å². The first kappa shape index (κ1) is 10.4. The van der Waals surface area contributed by atoms with Gasteiger partial charge in [-0.25, -0.2) is 0 Å². The van der Waals surface area contributed by atoms with Crippen molar-refractivity contribution in [1.82, 2.24) is 4.98 Å². The third-order valence-corrected chi connectivity index (χ3v) is 2.83. The zero-order valence-corrected chi connectivity index (χ0v) is 9.77. The summed E-state index contributed by atoms with van der Waals surface area (Å²) in [5.74, 6) is 0.536. The summed E-state index contributed by atoms with van der Waals surface area (Å²) in [5.41, 5.74) is 0.604. The number of nitro groups is 1. The highest BCUT2D eigenvalue weighted by Gasteiger charge is 2.29. The van der Waals surface area contributed by atoms with Crippen molar-refractivity contribution in [1.29, 1.82) is 0 Å². The van der Waals surface area contributed by atoms with Gasteiger partial charge >= 0.3 is 5.82 Å². The Bertz CT molecular complexity index is 404. The lowest BCUT2D eigenvalue weighted by Gasteiger charge is -2.38. The summed E-state index contributed by atoms with van der Waals surface area (Å²) in [7, 11) is 0. The molecule has 0 N–H and O–H groups in total. The van der Waals surface area contributed by atoms with Gasteiger partial charge in [0.1, 0.15) is 5.69 Å². The highest BCUT2D eigenvalue weighted by molar-refractivity contribution is 9.10. The number of halogens is 1. The number of nitrogens with zero attached hydrogens (tertiary/aromatic N) is 3. The van der Waals surface area contributed by atoms with Crippen LogP contribution in [-0.2, 0) is 0 Å². The molecule has 1 saturated heterocycles. The fourth-order valence-corrected chi connectivity index (χ4v) is 2.01. The molecule has 0 aliphatic carbocycles. The largest absolute Gasteiger partial charge is 0.387 e. The van der Waals surface area contributed by atoms with Crippen molar-refractivity contribution in [3.63, 3.8) is 0 Å². The average Bonchev–Trinajstić information content (AvgIpc) is 2.12. The minimum atomic E-state index is -0.440. The Labute approximate surface area is 95.4 Å². The van der Waals surface area contributed by atoms with Gasteiger partial charge in [-0.15, -0.1) is 0 Å². The maximum atomic E-state index is 10.8. The van der Waals surface area contributed by atoms with Crippen LogP contribution in [0.1, 0.15) is 6.92 Å². The Balaban J connectivity index is 2.35. The summed E-state index contributed by atoms with van der Waals surface area (Å²) in [6.45, 7) is 3.84. The minimum absolute atomic E-state index is 0.0647. The van der Waals surface area contributed by atoms with Crippen molar-refractivity contribution in [3.05, 3.63) is 26.9 Å². The molecule has 80 valence electrons. The fourth-order valence-electron chi connectivity index (χ4n) is 1.69. The van der Waals surface area contributed by atoms with Crippen LogP contribution in [0.3, 0.4) is 0 Å². The molecular weight excluding hydrogens is 262 g/mol. The molecule has 15 heavy (non-hydrogen) atoms. The predicted octanol–water partition coefficient (Wildman–Crippen LogP) is 2.21. The van der Waals surface area contributed by atoms with Gasteiger partial charge < -0.3 is 15.0 Å². The molecule has 0 unspecified atom stereocenters. The van der Waals surface area contributed by atoms with Gasteiger partial charge in [-0.3, -0.25) is 0 Å². The lowest BCUT2D eigenvalue weighted by Crippen LogP contribution is -2.45. The quantitative estimate of drug-likeness (QED) is 0.611. The first-order valence-electron chi connectivity index (χ1n) is 4.63. The number of hydrogen-bond donors (Lipinski definition) is 0. The molecule has 0 saturated carbocycles. The summed E-state index contributed by atoms with van der Waals surface area (Å²) < 4.78 is 0.766. The van der Waals surface area contributed by atoms with Gasteiger partial charge in [0.15, 0.2) is 6.20 Å². The zero-order valence-electron chi connectivity index (χ0n) is 8.18. The van der Waals surface area contributed by atoms with Crippen LogP contribution in [0.4, 0.5) is 11.5 Å². The number of aromatic nitrogens is 1. The molecule has 0 aromatic carbocycles. The second kappa shape index (κ2) is 3.77. The van der Waals surface area contributed by atoms with Crippen LogP contribution in [-0.4, -0.2) is 23.0 Å². The lowest BCUT2D eigenvalue weighted by atomic mass is 10.0. The van der Waals surface area contributed by atoms with Crippen molar-refractivity contribution >= 4 is 27.4 Å². The fraction of sp³-hybridized carbons (Fsp3) is 0.444. The molecule has 1 aromatic rings. The van der Waals surface area contributed by atoms with E-state index < -0.39 is 4.92 Å². The molecule has 5 nitrogen and oxygen atoms in total. The standard InChI is InChI=1S/C9H10BrN3O2/c1-6-4-12(5-6)8-2-7(10)3-11-9(8)13(14)15/h2-3,6H,4-5H2,1H3. The van der Waals surface area contributed by atoms with E-state index in [1.807, 2.05) is 4.90 Å². The van der Waals surface area contributed by atoms with Crippen LogP contribution in [0.15, 0.2) is 16.7 Å². The maximum Gasteiger partial charge on any atom is 0.387 e. The summed E-state index contributed by atoms with van der Waals surface area (Å²) in [6, 6.07) is 1.75. The first-order valence-corrected chi connectivity index (χ1v) is 5.42. The van der Waals surface area contributed by atoms with Crippen molar-refractivity contribution in [2.24, 2.45) is 5.92 Å².